The molecule has 1 saturated heterocycles. The molecule has 7 heteroatoms. The number of likely N-dealkylation sites (tertiary alicyclic amines) is 1. The van der Waals surface area contributed by atoms with E-state index in [0.29, 0.717) is 19.5 Å². The lowest BCUT2D eigenvalue weighted by Gasteiger charge is -2.26. The summed E-state index contributed by atoms with van der Waals surface area (Å²) in [7, 11) is 1.53. The van der Waals surface area contributed by atoms with Gasteiger partial charge >= 0.3 is 12.0 Å². The normalized spacial score (nSPS) is 23.5. The molecule has 2 amide bonds. The molecule has 1 rings (SSSR count). The van der Waals surface area contributed by atoms with E-state index in [-0.39, 0.29) is 16.9 Å². The van der Waals surface area contributed by atoms with Crippen molar-refractivity contribution in [2.45, 2.75) is 37.2 Å². The Balaban J connectivity index is 2.62. The monoisotopic (exact) mass is 290 g/mol. The number of nitrogens with one attached hydrogen (secondary N) is 1. The summed E-state index contributed by atoms with van der Waals surface area (Å²) in [4.78, 5) is 24.6. The summed E-state index contributed by atoms with van der Waals surface area (Å²) in [5, 5.41) is 11.9. The number of carbonyl (C=O) groups excluding carboxylic acids is 1. The van der Waals surface area contributed by atoms with E-state index in [2.05, 4.69) is 5.32 Å². The van der Waals surface area contributed by atoms with Crippen LogP contribution in [0.25, 0.3) is 0 Å². The van der Waals surface area contributed by atoms with Crippen molar-refractivity contribution in [2.75, 3.05) is 26.5 Å². The van der Waals surface area contributed by atoms with Crippen molar-refractivity contribution in [1.29, 1.82) is 0 Å². The molecule has 110 valence electrons. The zero-order chi connectivity index (χ0) is 14.6. The highest BCUT2D eigenvalue weighted by atomic mass is 32.2. The predicted molar refractivity (Wildman–Crippen MR) is 74.5 cm³/mol. The van der Waals surface area contributed by atoms with Crippen LogP contribution >= 0.6 is 11.8 Å². The number of carboxylic acids is 1. The first-order valence-electron chi connectivity index (χ1n) is 6.16. The third kappa shape index (κ3) is 4.28. The third-order valence-corrected chi connectivity index (χ3v) is 4.61. The van der Waals surface area contributed by atoms with Crippen molar-refractivity contribution in [3.8, 4) is 0 Å². The van der Waals surface area contributed by atoms with Crippen LogP contribution in [0.2, 0.25) is 0 Å². The molecule has 0 bridgehead atoms. The Morgan fingerprint density at radius 3 is 2.63 bits per heavy atom. The molecule has 19 heavy (non-hydrogen) atoms. The number of hydrogen-bond donors (Lipinski definition) is 2. The standard InChI is InChI=1S/C12H22N2O4S/c1-12(2,19-4)7-13-11(17)14-6-8(18-3)5-9(14)10(15)16/h8-9H,5-7H2,1-4H3,(H,13,17)(H,15,16). The van der Waals surface area contributed by atoms with Gasteiger partial charge < -0.3 is 20.1 Å². The average molecular weight is 290 g/mol. The molecular weight excluding hydrogens is 268 g/mol. The van der Waals surface area contributed by atoms with Crippen LogP contribution in [-0.2, 0) is 9.53 Å². The van der Waals surface area contributed by atoms with E-state index in [9.17, 15) is 9.59 Å². The van der Waals surface area contributed by atoms with Crippen molar-refractivity contribution in [1.82, 2.24) is 10.2 Å². The van der Waals surface area contributed by atoms with Gasteiger partial charge in [0, 0.05) is 31.4 Å². The van der Waals surface area contributed by atoms with E-state index in [1.165, 1.54) is 12.0 Å². The van der Waals surface area contributed by atoms with Crippen molar-refractivity contribution in [2.24, 2.45) is 0 Å². The first kappa shape index (κ1) is 16.1. The quantitative estimate of drug-likeness (QED) is 0.790. The van der Waals surface area contributed by atoms with Gasteiger partial charge in [0.05, 0.1) is 6.10 Å². The summed E-state index contributed by atoms with van der Waals surface area (Å²) in [6.07, 6.45) is 2.11. The zero-order valence-corrected chi connectivity index (χ0v) is 12.6. The molecule has 6 nitrogen and oxygen atoms in total. The van der Waals surface area contributed by atoms with E-state index in [4.69, 9.17) is 9.84 Å². The molecule has 0 spiro atoms. The number of thioether (sulfide) groups is 1. The van der Waals surface area contributed by atoms with Gasteiger partial charge in [-0.1, -0.05) is 0 Å². The van der Waals surface area contributed by atoms with Crippen LogP contribution in [0.5, 0.6) is 0 Å². The van der Waals surface area contributed by atoms with Gasteiger partial charge in [0.25, 0.3) is 0 Å². The van der Waals surface area contributed by atoms with Crippen LogP contribution in [0.4, 0.5) is 4.79 Å². The molecular formula is C12H22N2O4S. The number of amides is 2. The molecule has 0 aliphatic carbocycles. The third-order valence-electron chi connectivity index (χ3n) is 3.36. The van der Waals surface area contributed by atoms with Gasteiger partial charge in [0.2, 0.25) is 0 Å². The molecule has 2 atom stereocenters. The molecule has 1 aliphatic rings. The first-order chi connectivity index (χ1) is 8.80. The van der Waals surface area contributed by atoms with Crippen molar-refractivity contribution >= 4 is 23.8 Å². The number of aliphatic carboxylic acids is 1. The molecule has 2 unspecified atom stereocenters. The Morgan fingerprint density at radius 1 is 1.53 bits per heavy atom. The molecule has 0 radical (unpaired) electrons. The molecule has 2 N–H and O–H groups in total. The Bertz CT molecular complexity index is 349. The number of hydrogen-bond acceptors (Lipinski definition) is 4. The topological polar surface area (TPSA) is 78.9 Å². The fraction of sp³-hybridized carbons (Fsp3) is 0.833. The van der Waals surface area contributed by atoms with Crippen LogP contribution in [-0.4, -0.2) is 65.4 Å². The van der Waals surface area contributed by atoms with E-state index in [0.717, 1.165) is 0 Å². The van der Waals surface area contributed by atoms with Crippen LogP contribution in [0.1, 0.15) is 20.3 Å². The largest absolute Gasteiger partial charge is 0.480 e. The second-order valence-electron chi connectivity index (χ2n) is 5.22. The van der Waals surface area contributed by atoms with E-state index in [1.807, 2.05) is 20.1 Å². The molecule has 0 aromatic rings. The van der Waals surface area contributed by atoms with Gasteiger partial charge in [-0.05, 0) is 20.1 Å². The lowest BCUT2D eigenvalue weighted by molar-refractivity contribution is -0.141. The predicted octanol–water partition coefficient (Wildman–Crippen LogP) is 1.01. The maximum atomic E-state index is 12.1. The van der Waals surface area contributed by atoms with Gasteiger partial charge in [-0.2, -0.15) is 11.8 Å². The van der Waals surface area contributed by atoms with Crippen LogP contribution in [0.15, 0.2) is 0 Å². The number of nitrogens with zero attached hydrogens (tertiary/aromatic N) is 1. The van der Waals surface area contributed by atoms with Gasteiger partial charge in [-0.25, -0.2) is 9.59 Å². The van der Waals surface area contributed by atoms with Gasteiger partial charge in [0.1, 0.15) is 6.04 Å². The summed E-state index contributed by atoms with van der Waals surface area (Å²) in [6, 6.07) is -1.14. The van der Waals surface area contributed by atoms with Gasteiger partial charge in [-0.3, -0.25) is 0 Å². The fourth-order valence-corrected chi connectivity index (χ4v) is 2.11. The Kier molecular flexibility index (Phi) is 5.49. The highest BCUT2D eigenvalue weighted by Gasteiger charge is 2.40. The van der Waals surface area contributed by atoms with Crippen molar-refractivity contribution < 1.29 is 19.4 Å². The summed E-state index contributed by atoms with van der Waals surface area (Å²) >= 11 is 1.65. The minimum absolute atomic E-state index is 0.0746. The highest BCUT2D eigenvalue weighted by molar-refractivity contribution is 7.99. The fourth-order valence-electron chi connectivity index (χ4n) is 1.89. The molecule has 0 aromatic heterocycles. The van der Waals surface area contributed by atoms with Crippen LogP contribution in [0, 0.1) is 0 Å². The number of ether oxygens (including phenoxy) is 1. The first-order valence-corrected chi connectivity index (χ1v) is 7.38. The number of carbonyl (C=O) groups is 2. The number of rotatable bonds is 5. The molecule has 0 aromatic carbocycles. The van der Waals surface area contributed by atoms with Crippen LogP contribution < -0.4 is 5.32 Å². The van der Waals surface area contributed by atoms with Crippen molar-refractivity contribution in [3.05, 3.63) is 0 Å². The number of urea groups is 1. The lowest BCUT2D eigenvalue weighted by atomic mass is 10.2. The van der Waals surface area contributed by atoms with E-state index < -0.39 is 12.0 Å². The molecule has 1 heterocycles. The Labute approximate surface area is 117 Å². The maximum absolute atomic E-state index is 12.1. The second kappa shape index (κ2) is 6.47. The summed E-state index contributed by atoms with van der Waals surface area (Å²) in [5.41, 5.74) is 0. The summed E-state index contributed by atoms with van der Waals surface area (Å²) < 4.78 is 5.07. The highest BCUT2D eigenvalue weighted by Crippen LogP contribution is 2.22. The minimum atomic E-state index is -0.987. The second-order valence-corrected chi connectivity index (χ2v) is 6.74. The molecule has 1 aliphatic heterocycles. The Morgan fingerprint density at radius 2 is 2.16 bits per heavy atom. The van der Waals surface area contributed by atoms with Gasteiger partial charge in [-0.15, -0.1) is 0 Å². The number of carboxylic acid groups (broad SMARTS) is 1. The number of methoxy groups -OCH3 is 1. The smallest absolute Gasteiger partial charge is 0.326 e. The van der Waals surface area contributed by atoms with E-state index in [1.54, 1.807) is 11.8 Å². The average Bonchev–Trinajstić information content (AvgIpc) is 2.80. The van der Waals surface area contributed by atoms with Gasteiger partial charge in [0.15, 0.2) is 0 Å². The van der Waals surface area contributed by atoms with Crippen molar-refractivity contribution in [3.63, 3.8) is 0 Å². The molecule has 0 saturated carbocycles. The lowest BCUT2D eigenvalue weighted by Crippen LogP contribution is -2.48. The maximum Gasteiger partial charge on any atom is 0.326 e. The molecule has 1 fully saturated rings. The van der Waals surface area contributed by atoms with Crippen LogP contribution in [0.3, 0.4) is 0 Å². The minimum Gasteiger partial charge on any atom is -0.480 e. The van der Waals surface area contributed by atoms with E-state index >= 15 is 0 Å². The zero-order valence-electron chi connectivity index (χ0n) is 11.8. The SMILES string of the molecule is COC1CC(C(=O)O)N(C(=O)NCC(C)(C)SC)C1. The summed E-state index contributed by atoms with van der Waals surface area (Å²) in [6.45, 7) is 4.86. The summed E-state index contributed by atoms with van der Waals surface area (Å²) in [5.74, 6) is -0.987. The Hall–Kier alpha value is -0.950.